The normalized spacial score (nSPS) is 18.2. The van der Waals surface area contributed by atoms with Crippen LogP contribution >= 0.6 is 0 Å². The number of β-amino-alcohol motifs (C(OH)–C–C–N with tert-alkyl or cyclic N) is 1. The number of aromatic nitrogens is 2. The summed E-state index contributed by atoms with van der Waals surface area (Å²) >= 11 is 0. The summed E-state index contributed by atoms with van der Waals surface area (Å²) in [5.41, 5.74) is -1.09. The van der Waals surface area contributed by atoms with Gasteiger partial charge in [0, 0.05) is 44.7 Å². The van der Waals surface area contributed by atoms with Gasteiger partial charge in [-0.3, -0.25) is 9.59 Å². The Balaban J connectivity index is 1.56. The number of nitrogens with one attached hydrogen (secondary N) is 1. The van der Waals surface area contributed by atoms with Gasteiger partial charge in [0.05, 0.1) is 18.3 Å². The van der Waals surface area contributed by atoms with Crippen LogP contribution in [0.25, 0.3) is 0 Å². The molecule has 3 amide bonds. The number of carboxylic acid groups (broad SMARTS) is 1. The molecule has 2 atom stereocenters. The molecule has 2 aromatic rings. The molecule has 1 aromatic heterocycles. The predicted molar refractivity (Wildman–Crippen MR) is 119 cm³/mol. The Morgan fingerprint density at radius 2 is 1.74 bits per heavy atom. The van der Waals surface area contributed by atoms with E-state index in [1.807, 2.05) is 5.32 Å². The van der Waals surface area contributed by atoms with Crippen LogP contribution in [0, 0.1) is 17.5 Å². The van der Waals surface area contributed by atoms with Crippen LogP contribution in [-0.2, 0) is 30.5 Å². The molecule has 1 fully saturated rings. The molecule has 10 nitrogen and oxygen atoms in total. The fourth-order valence-corrected chi connectivity index (χ4v) is 4.72. The Bertz CT molecular complexity index is 1300. The first-order chi connectivity index (χ1) is 18.2. The molecule has 3 N–H and O–H groups in total. The standard InChI is InChI=1S/C23H23F6N5O5/c24-14-8-16(26)15(25)6-11(14)5-12(30-22(38)39)7-18(36)32-3-4-34-17(10-32)19(31-21(34)23(27,28)29)20(37)33-2-1-13(35)9-33/h6,8,12-13,30,35H,1-5,7,9-10H2,(H,38,39)/t12-,13-/m1/s1. The Morgan fingerprint density at radius 1 is 1.05 bits per heavy atom. The second-order valence-electron chi connectivity index (χ2n) is 9.30. The van der Waals surface area contributed by atoms with E-state index in [0.717, 1.165) is 14.4 Å². The van der Waals surface area contributed by atoms with Gasteiger partial charge in [0.1, 0.15) is 5.82 Å². The van der Waals surface area contributed by atoms with Crippen LogP contribution in [0.15, 0.2) is 12.1 Å². The maximum Gasteiger partial charge on any atom is 0.449 e. The van der Waals surface area contributed by atoms with E-state index in [2.05, 4.69) is 4.98 Å². The van der Waals surface area contributed by atoms with E-state index in [9.17, 15) is 45.8 Å². The molecule has 4 rings (SSSR count). The molecule has 2 aliphatic rings. The maximum atomic E-state index is 14.1. The lowest BCUT2D eigenvalue weighted by atomic mass is 10.0. The second kappa shape index (κ2) is 10.7. The van der Waals surface area contributed by atoms with Crippen molar-refractivity contribution in [2.45, 2.75) is 50.7 Å². The summed E-state index contributed by atoms with van der Waals surface area (Å²) in [5.74, 6) is -6.87. The summed E-state index contributed by atoms with van der Waals surface area (Å²) in [6.45, 7) is -1.04. The second-order valence-corrected chi connectivity index (χ2v) is 9.30. The number of fused-ring (bicyclic) bond motifs is 1. The molecule has 1 saturated heterocycles. The van der Waals surface area contributed by atoms with Gasteiger partial charge in [0.15, 0.2) is 17.3 Å². The van der Waals surface area contributed by atoms with E-state index in [1.54, 1.807) is 0 Å². The Kier molecular flexibility index (Phi) is 7.77. The first-order valence-electron chi connectivity index (χ1n) is 11.8. The van der Waals surface area contributed by atoms with Gasteiger partial charge in [-0.05, 0) is 24.5 Å². The van der Waals surface area contributed by atoms with Gasteiger partial charge >= 0.3 is 12.3 Å². The van der Waals surface area contributed by atoms with Crippen molar-refractivity contribution in [1.29, 1.82) is 0 Å². The molecule has 0 radical (unpaired) electrons. The Hall–Kier alpha value is -3.82. The maximum absolute atomic E-state index is 14.1. The summed E-state index contributed by atoms with van der Waals surface area (Å²) in [4.78, 5) is 43.1. The molecule has 0 aliphatic carbocycles. The average molecular weight is 563 g/mol. The van der Waals surface area contributed by atoms with E-state index in [4.69, 9.17) is 5.11 Å². The number of hydrogen-bond acceptors (Lipinski definition) is 5. The van der Waals surface area contributed by atoms with E-state index < -0.39 is 90.1 Å². The zero-order valence-electron chi connectivity index (χ0n) is 20.1. The van der Waals surface area contributed by atoms with Crippen LogP contribution in [0.1, 0.15) is 40.4 Å². The number of rotatable bonds is 6. The molecular formula is C23H23F6N5O5. The van der Waals surface area contributed by atoms with E-state index in [0.29, 0.717) is 6.07 Å². The zero-order valence-corrected chi connectivity index (χ0v) is 20.1. The molecule has 212 valence electrons. The van der Waals surface area contributed by atoms with Crippen molar-refractivity contribution in [1.82, 2.24) is 24.7 Å². The smallest absolute Gasteiger partial charge is 0.449 e. The summed E-state index contributed by atoms with van der Waals surface area (Å²) in [6.07, 6.45) is -8.17. The summed E-state index contributed by atoms with van der Waals surface area (Å²) in [7, 11) is 0. The molecule has 39 heavy (non-hydrogen) atoms. The predicted octanol–water partition coefficient (Wildman–Crippen LogP) is 2.14. The van der Waals surface area contributed by atoms with Gasteiger partial charge in [0.25, 0.3) is 5.91 Å². The van der Waals surface area contributed by atoms with E-state index in [-0.39, 0.29) is 44.4 Å². The highest BCUT2D eigenvalue weighted by molar-refractivity contribution is 5.94. The van der Waals surface area contributed by atoms with E-state index in [1.165, 1.54) is 0 Å². The molecule has 16 heteroatoms. The van der Waals surface area contributed by atoms with Crippen LogP contribution in [-0.4, -0.2) is 79.3 Å². The largest absolute Gasteiger partial charge is 0.465 e. The molecule has 2 aliphatic heterocycles. The first-order valence-corrected chi connectivity index (χ1v) is 11.8. The highest BCUT2D eigenvalue weighted by atomic mass is 19.4. The van der Waals surface area contributed by atoms with Gasteiger partial charge in [0.2, 0.25) is 11.7 Å². The highest BCUT2D eigenvalue weighted by Crippen LogP contribution is 2.33. The lowest BCUT2D eigenvalue weighted by Gasteiger charge is -2.31. The molecule has 0 bridgehead atoms. The lowest BCUT2D eigenvalue weighted by molar-refractivity contribution is -0.148. The number of likely N-dealkylation sites (tertiary alicyclic amines) is 1. The van der Waals surface area contributed by atoms with Crippen molar-refractivity contribution in [2.75, 3.05) is 19.6 Å². The zero-order chi connectivity index (χ0) is 28.6. The third-order valence-electron chi connectivity index (χ3n) is 6.57. The summed E-state index contributed by atoms with van der Waals surface area (Å²) in [6, 6.07) is -0.470. The third kappa shape index (κ3) is 6.10. The minimum Gasteiger partial charge on any atom is -0.465 e. The van der Waals surface area contributed by atoms with Crippen molar-refractivity contribution in [3.8, 4) is 0 Å². The number of alkyl halides is 3. The molecule has 3 heterocycles. The average Bonchev–Trinajstić information content (AvgIpc) is 3.45. The first kappa shape index (κ1) is 28.2. The Labute approximate surface area is 216 Å². The number of hydrogen-bond donors (Lipinski definition) is 3. The monoisotopic (exact) mass is 563 g/mol. The fraction of sp³-hybridized carbons (Fsp3) is 0.478. The lowest BCUT2D eigenvalue weighted by Crippen LogP contribution is -2.44. The number of aliphatic hydroxyl groups excluding tert-OH is 1. The minimum absolute atomic E-state index is 0.0851. The fourth-order valence-electron chi connectivity index (χ4n) is 4.72. The van der Waals surface area contributed by atoms with Crippen molar-refractivity contribution < 1.29 is 50.9 Å². The molecule has 1 aromatic carbocycles. The van der Waals surface area contributed by atoms with Crippen molar-refractivity contribution in [3.63, 3.8) is 0 Å². The number of benzene rings is 1. The van der Waals surface area contributed by atoms with Gasteiger partial charge in [-0.15, -0.1) is 0 Å². The third-order valence-corrected chi connectivity index (χ3v) is 6.57. The summed E-state index contributed by atoms with van der Waals surface area (Å²) in [5, 5.41) is 20.9. The number of amides is 3. The van der Waals surface area contributed by atoms with Crippen molar-refractivity contribution in [2.24, 2.45) is 0 Å². The number of carbonyl (C=O) groups excluding carboxylic acids is 2. The minimum atomic E-state index is -4.89. The van der Waals surface area contributed by atoms with Crippen molar-refractivity contribution >= 4 is 17.9 Å². The number of nitrogens with zero attached hydrogens (tertiary/aromatic N) is 4. The van der Waals surface area contributed by atoms with Crippen LogP contribution < -0.4 is 5.32 Å². The van der Waals surface area contributed by atoms with Gasteiger partial charge in [-0.2, -0.15) is 13.2 Å². The number of imidazole rings is 1. The SMILES string of the molecule is O=C(O)N[C@@H](CC(=O)N1CCn2c(C(F)(F)F)nc(C(=O)N3CC[C@@H](O)C3)c2C1)Cc1cc(F)c(F)cc1F. The van der Waals surface area contributed by atoms with Crippen LogP contribution in [0.4, 0.5) is 31.1 Å². The van der Waals surface area contributed by atoms with E-state index >= 15 is 0 Å². The van der Waals surface area contributed by atoms with Crippen molar-refractivity contribution in [3.05, 3.63) is 52.4 Å². The van der Waals surface area contributed by atoms with Crippen LogP contribution in [0.3, 0.4) is 0 Å². The molecule has 0 spiro atoms. The van der Waals surface area contributed by atoms with Crippen LogP contribution in [0.2, 0.25) is 0 Å². The number of aliphatic hydroxyl groups is 1. The van der Waals surface area contributed by atoms with Gasteiger partial charge < -0.3 is 29.9 Å². The molecule has 0 unspecified atom stereocenters. The molecule has 0 saturated carbocycles. The quantitative estimate of drug-likeness (QED) is 0.365. The Morgan fingerprint density at radius 3 is 2.36 bits per heavy atom. The number of halogens is 6. The van der Waals surface area contributed by atoms with Gasteiger partial charge in [-0.25, -0.2) is 22.9 Å². The molecular weight excluding hydrogens is 540 g/mol. The summed E-state index contributed by atoms with van der Waals surface area (Å²) < 4.78 is 82.8. The number of carbonyl (C=O) groups is 3. The van der Waals surface area contributed by atoms with Gasteiger partial charge in [-0.1, -0.05) is 0 Å². The van der Waals surface area contributed by atoms with Crippen LogP contribution in [0.5, 0.6) is 0 Å². The topological polar surface area (TPSA) is 128 Å². The highest BCUT2D eigenvalue weighted by Gasteiger charge is 2.43.